The van der Waals surface area contributed by atoms with Crippen LogP contribution >= 0.6 is 0 Å². The lowest BCUT2D eigenvalue weighted by Gasteiger charge is -2.06. The molecule has 0 bridgehead atoms. The molecule has 1 saturated carbocycles. The van der Waals surface area contributed by atoms with Crippen molar-refractivity contribution in [2.24, 2.45) is 0 Å². The zero-order chi connectivity index (χ0) is 12.4. The average molecular weight is 236 g/mol. The standard InChI is InChI=1S/C11H12N2O4/c1-17-10-6-7(2-5-9(10)13(15)16)11(14)12-8-3-4-8/h2,5-6,8H,3-4H2,1H3,(H,12,14). The molecule has 90 valence electrons. The van der Waals surface area contributed by atoms with Gasteiger partial charge >= 0.3 is 5.69 Å². The number of carbonyl (C=O) groups is 1. The zero-order valence-corrected chi connectivity index (χ0v) is 9.30. The fraction of sp³-hybridized carbons (Fsp3) is 0.364. The fourth-order valence-electron chi connectivity index (χ4n) is 1.47. The zero-order valence-electron chi connectivity index (χ0n) is 9.30. The van der Waals surface area contributed by atoms with E-state index in [1.165, 1.54) is 25.3 Å². The fourth-order valence-corrected chi connectivity index (χ4v) is 1.47. The van der Waals surface area contributed by atoms with Crippen molar-refractivity contribution in [2.45, 2.75) is 18.9 Å². The number of hydrogen-bond acceptors (Lipinski definition) is 4. The van der Waals surface area contributed by atoms with Crippen molar-refractivity contribution in [3.05, 3.63) is 33.9 Å². The number of methoxy groups -OCH3 is 1. The number of nitrogens with one attached hydrogen (secondary N) is 1. The van der Waals surface area contributed by atoms with Crippen LogP contribution in [0.2, 0.25) is 0 Å². The summed E-state index contributed by atoms with van der Waals surface area (Å²) in [4.78, 5) is 21.8. The van der Waals surface area contributed by atoms with Crippen LogP contribution in [-0.4, -0.2) is 24.0 Å². The first kappa shape index (κ1) is 11.4. The van der Waals surface area contributed by atoms with E-state index in [1.807, 2.05) is 0 Å². The highest BCUT2D eigenvalue weighted by molar-refractivity contribution is 5.95. The van der Waals surface area contributed by atoms with E-state index >= 15 is 0 Å². The Balaban J connectivity index is 2.23. The molecule has 0 radical (unpaired) electrons. The summed E-state index contributed by atoms with van der Waals surface area (Å²) in [7, 11) is 1.34. The summed E-state index contributed by atoms with van der Waals surface area (Å²) in [6, 6.07) is 4.35. The van der Waals surface area contributed by atoms with Gasteiger partial charge < -0.3 is 10.1 Å². The van der Waals surface area contributed by atoms with Gasteiger partial charge in [0.05, 0.1) is 12.0 Å². The van der Waals surface area contributed by atoms with Crippen molar-refractivity contribution in [1.82, 2.24) is 5.32 Å². The molecule has 6 nitrogen and oxygen atoms in total. The first-order chi connectivity index (χ1) is 8.11. The molecule has 6 heteroatoms. The molecule has 2 rings (SSSR count). The van der Waals surface area contributed by atoms with Crippen LogP contribution in [0, 0.1) is 10.1 Å². The second kappa shape index (κ2) is 4.40. The topological polar surface area (TPSA) is 81.5 Å². The molecule has 0 heterocycles. The monoisotopic (exact) mass is 236 g/mol. The predicted molar refractivity (Wildman–Crippen MR) is 60.1 cm³/mol. The van der Waals surface area contributed by atoms with E-state index in [9.17, 15) is 14.9 Å². The number of nitrogens with zero attached hydrogens (tertiary/aromatic N) is 1. The van der Waals surface area contributed by atoms with Gasteiger partial charge in [-0.05, 0) is 18.9 Å². The van der Waals surface area contributed by atoms with Crippen molar-refractivity contribution in [3.8, 4) is 5.75 Å². The minimum absolute atomic E-state index is 0.0958. The normalized spacial score (nSPS) is 14.2. The van der Waals surface area contributed by atoms with E-state index in [0.29, 0.717) is 5.56 Å². The molecule has 17 heavy (non-hydrogen) atoms. The lowest BCUT2D eigenvalue weighted by molar-refractivity contribution is -0.385. The highest BCUT2D eigenvalue weighted by atomic mass is 16.6. The molecule has 1 fully saturated rings. The Kier molecular flexibility index (Phi) is 2.95. The molecular formula is C11H12N2O4. The molecule has 0 spiro atoms. The van der Waals surface area contributed by atoms with Crippen LogP contribution < -0.4 is 10.1 Å². The van der Waals surface area contributed by atoms with Crippen molar-refractivity contribution < 1.29 is 14.5 Å². The van der Waals surface area contributed by atoms with Gasteiger partial charge in [0.25, 0.3) is 5.91 Å². The Morgan fingerprint density at radius 3 is 2.76 bits per heavy atom. The maximum absolute atomic E-state index is 11.7. The lowest BCUT2D eigenvalue weighted by atomic mass is 10.1. The van der Waals surface area contributed by atoms with Crippen LogP contribution in [0.5, 0.6) is 5.75 Å². The number of nitro benzene ring substituents is 1. The smallest absolute Gasteiger partial charge is 0.310 e. The molecule has 1 aliphatic carbocycles. The molecule has 1 aliphatic rings. The minimum atomic E-state index is -0.540. The minimum Gasteiger partial charge on any atom is -0.490 e. The van der Waals surface area contributed by atoms with Gasteiger partial charge in [0.1, 0.15) is 0 Å². The summed E-state index contributed by atoms with van der Waals surface area (Å²) in [5.74, 6) is -0.126. The second-order valence-electron chi connectivity index (χ2n) is 3.89. The van der Waals surface area contributed by atoms with Crippen molar-refractivity contribution >= 4 is 11.6 Å². The van der Waals surface area contributed by atoms with E-state index in [1.54, 1.807) is 0 Å². The van der Waals surface area contributed by atoms with Gasteiger partial charge in [-0.1, -0.05) is 0 Å². The highest BCUT2D eigenvalue weighted by Gasteiger charge is 2.25. The largest absolute Gasteiger partial charge is 0.490 e. The Labute approximate surface area is 97.7 Å². The number of carbonyl (C=O) groups excluding carboxylic acids is 1. The molecule has 0 atom stereocenters. The van der Waals surface area contributed by atoms with Crippen molar-refractivity contribution in [3.63, 3.8) is 0 Å². The molecule has 0 saturated heterocycles. The molecule has 0 aliphatic heterocycles. The van der Waals surface area contributed by atoms with E-state index in [2.05, 4.69) is 5.32 Å². The number of nitro groups is 1. The van der Waals surface area contributed by atoms with Crippen molar-refractivity contribution in [2.75, 3.05) is 7.11 Å². The molecule has 1 amide bonds. The summed E-state index contributed by atoms with van der Waals surface area (Å²) in [6.45, 7) is 0. The summed E-state index contributed by atoms with van der Waals surface area (Å²) < 4.78 is 4.90. The predicted octanol–water partition coefficient (Wildman–Crippen LogP) is 1.50. The van der Waals surface area contributed by atoms with Gasteiger partial charge in [0, 0.05) is 23.7 Å². The summed E-state index contributed by atoms with van der Waals surface area (Å²) in [5.41, 5.74) is 0.231. The van der Waals surface area contributed by atoms with Gasteiger partial charge in [-0.15, -0.1) is 0 Å². The van der Waals surface area contributed by atoms with Gasteiger partial charge in [-0.3, -0.25) is 14.9 Å². The lowest BCUT2D eigenvalue weighted by Crippen LogP contribution is -2.25. The Morgan fingerprint density at radius 2 is 2.24 bits per heavy atom. The SMILES string of the molecule is COc1cc(C(=O)NC2CC2)ccc1[N+](=O)[O-]. The van der Waals surface area contributed by atoms with Crippen LogP contribution in [0.15, 0.2) is 18.2 Å². The molecule has 1 N–H and O–H groups in total. The van der Waals surface area contributed by atoms with Crippen molar-refractivity contribution in [1.29, 1.82) is 0 Å². The quantitative estimate of drug-likeness (QED) is 0.634. The molecule has 0 unspecified atom stereocenters. The van der Waals surface area contributed by atoms with E-state index < -0.39 is 4.92 Å². The summed E-state index contributed by atoms with van der Waals surface area (Å²) in [6.07, 6.45) is 1.99. The summed E-state index contributed by atoms with van der Waals surface area (Å²) in [5, 5.41) is 13.5. The first-order valence-electron chi connectivity index (χ1n) is 5.25. The van der Waals surface area contributed by atoms with Gasteiger partial charge in [0.15, 0.2) is 5.75 Å². The Morgan fingerprint density at radius 1 is 1.53 bits per heavy atom. The average Bonchev–Trinajstić information content (AvgIpc) is 3.11. The third kappa shape index (κ3) is 2.52. The molecule has 1 aromatic rings. The highest BCUT2D eigenvalue weighted by Crippen LogP contribution is 2.28. The van der Waals surface area contributed by atoms with Crippen LogP contribution in [0.4, 0.5) is 5.69 Å². The van der Waals surface area contributed by atoms with E-state index in [4.69, 9.17) is 4.74 Å². The van der Waals surface area contributed by atoms with Crippen LogP contribution in [0.3, 0.4) is 0 Å². The Bertz CT molecular complexity index is 469. The van der Waals surface area contributed by atoms with Gasteiger partial charge in [0.2, 0.25) is 0 Å². The van der Waals surface area contributed by atoms with E-state index in [-0.39, 0.29) is 23.4 Å². The number of amides is 1. The third-order valence-corrected chi connectivity index (χ3v) is 2.55. The number of ether oxygens (including phenoxy) is 1. The number of rotatable bonds is 4. The number of benzene rings is 1. The van der Waals surface area contributed by atoms with Crippen LogP contribution in [0.1, 0.15) is 23.2 Å². The maximum atomic E-state index is 11.7. The van der Waals surface area contributed by atoms with Crippen LogP contribution in [-0.2, 0) is 0 Å². The molecule has 1 aromatic carbocycles. The van der Waals surface area contributed by atoms with Gasteiger partial charge in [-0.25, -0.2) is 0 Å². The molecular weight excluding hydrogens is 224 g/mol. The summed E-state index contributed by atoms with van der Waals surface area (Å²) >= 11 is 0. The van der Waals surface area contributed by atoms with E-state index in [0.717, 1.165) is 12.8 Å². The van der Waals surface area contributed by atoms with Gasteiger partial charge in [-0.2, -0.15) is 0 Å². The molecule has 0 aromatic heterocycles. The second-order valence-corrected chi connectivity index (χ2v) is 3.89. The maximum Gasteiger partial charge on any atom is 0.310 e. The number of hydrogen-bond donors (Lipinski definition) is 1. The van der Waals surface area contributed by atoms with Crippen LogP contribution in [0.25, 0.3) is 0 Å². The third-order valence-electron chi connectivity index (χ3n) is 2.55. The first-order valence-corrected chi connectivity index (χ1v) is 5.25. The Hall–Kier alpha value is -2.11.